The Kier molecular flexibility index (Phi) is 6.00. The van der Waals surface area contributed by atoms with E-state index in [1.807, 2.05) is 19.3 Å². The van der Waals surface area contributed by atoms with E-state index in [4.69, 9.17) is 0 Å². The van der Waals surface area contributed by atoms with E-state index in [0.29, 0.717) is 0 Å². The summed E-state index contributed by atoms with van der Waals surface area (Å²) < 4.78 is 0. The molecule has 0 N–H and O–H groups in total. The van der Waals surface area contributed by atoms with Gasteiger partial charge in [0, 0.05) is 12.4 Å². The number of hydrogen-bond donors (Lipinski definition) is 0. The summed E-state index contributed by atoms with van der Waals surface area (Å²) in [6.07, 6.45) is 25.4. The summed E-state index contributed by atoms with van der Waals surface area (Å²) in [6, 6.07) is 4.10. The number of nitrogens with zero attached hydrogens (tertiary/aromatic N) is 1. The zero-order valence-corrected chi connectivity index (χ0v) is 10.6. The van der Waals surface area contributed by atoms with Gasteiger partial charge in [-0.15, -0.1) is 12.8 Å². The maximum Gasteiger partial charge on any atom is 0.0273 e. The minimum absolute atomic E-state index is 0.999. The average Bonchev–Trinajstić information content (AvgIpc) is 2.49. The Balaban J connectivity index is 0.000000771. The van der Waals surface area contributed by atoms with Crippen molar-refractivity contribution in [2.75, 3.05) is 0 Å². The second-order valence-corrected chi connectivity index (χ2v) is 3.67. The number of aromatic nitrogens is 1. The quantitative estimate of drug-likeness (QED) is 0.701. The Labute approximate surface area is 109 Å². The van der Waals surface area contributed by atoms with E-state index < -0.39 is 0 Å². The predicted molar refractivity (Wildman–Crippen MR) is 78.8 cm³/mol. The standard InChI is InChI=1S/C15H15N.C2H2/c1-2-6-15(13-7-4-3-5-8-13)14-9-11-16-12-10-14;1-2/h2-7,9-12H,8H2,1H3;1-2H/b6-2-,15-13+;. The van der Waals surface area contributed by atoms with Crippen molar-refractivity contribution in [2.45, 2.75) is 13.3 Å². The van der Waals surface area contributed by atoms with E-state index >= 15 is 0 Å². The SMILES string of the molecule is C#C.C/C=C\C(=C1\C=CC=CC1)c1ccncc1. The summed E-state index contributed by atoms with van der Waals surface area (Å²) in [5, 5.41) is 0. The molecule has 1 aliphatic rings. The van der Waals surface area contributed by atoms with Gasteiger partial charge in [-0.2, -0.15) is 0 Å². The predicted octanol–water partition coefficient (Wildman–Crippen LogP) is 4.18. The third-order valence-corrected chi connectivity index (χ3v) is 2.55. The molecule has 2 rings (SSSR count). The minimum Gasteiger partial charge on any atom is -0.265 e. The highest BCUT2D eigenvalue weighted by atomic mass is 14.6. The van der Waals surface area contributed by atoms with Crippen LogP contribution in [0.2, 0.25) is 0 Å². The lowest BCUT2D eigenvalue weighted by molar-refractivity contribution is 1.26. The third kappa shape index (κ3) is 3.61. The van der Waals surface area contributed by atoms with Crippen LogP contribution in [0.5, 0.6) is 0 Å². The van der Waals surface area contributed by atoms with E-state index in [-0.39, 0.29) is 0 Å². The van der Waals surface area contributed by atoms with Crippen molar-refractivity contribution in [3.05, 3.63) is 72.1 Å². The number of terminal acetylenes is 1. The molecule has 0 amide bonds. The lowest BCUT2D eigenvalue weighted by atomic mass is 9.96. The van der Waals surface area contributed by atoms with Crippen molar-refractivity contribution >= 4 is 5.57 Å². The molecule has 0 saturated heterocycles. The fourth-order valence-electron chi connectivity index (χ4n) is 1.80. The van der Waals surface area contributed by atoms with Gasteiger partial charge in [0.1, 0.15) is 0 Å². The van der Waals surface area contributed by atoms with Gasteiger partial charge in [-0.3, -0.25) is 4.98 Å². The molecule has 0 bridgehead atoms. The van der Waals surface area contributed by atoms with Crippen LogP contribution in [0.15, 0.2) is 66.6 Å². The largest absolute Gasteiger partial charge is 0.265 e. The maximum absolute atomic E-state index is 4.05. The molecular weight excluding hydrogens is 218 g/mol. The molecular formula is C17H17N. The topological polar surface area (TPSA) is 12.9 Å². The first-order valence-corrected chi connectivity index (χ1v) is 5.84. The van der Waals surface area contributed by atoms with Crippen LogP contribution in [-0.2, 0) is 0 Å². The Morgan fingerprint density at radius 3 is 2.50 bits per heavy atom. The Bertz CT molecular complexity index is 499. The highest BCUT2D eigenvalue weighted by Crippen LogP contribution is 2.24. The second-order valence-electron chi connectivity index (χ2n) is 3.67. The summed E-state index contributed by atoms with van der Waals surface area (Å²) in [6.45, 7) is 2.05. The fraction of sp³-hybridized carbons (Fsp3) is 0.118. The van der Waals surface area contributed by atoms with Gasteiger partial charge < -0.3 is 0 Å². The molecule has 1 nitrogen and oxygen atoms in total. The summed E-state index contributed by atoms with van der Waals surface area (Å²) in [7, 11) is 0. The Hall–Kier alpha value is -2.33. The fourth-order valence-corrected chi connectivity index (χ4v) is 1.80. The summed E-state index contributed by atoms with van der Waals surface area (Å²) >= 11 is 0. The van der Waals surface area contributed by atoms with E-state index in [9.17, 15) is 0 Å². The molecule has 0 fully saturated rings. The second kappa shape index (κ2) is 7.86. The highest BCUT2D eigenvalue weighted by Gasteiger charge is 2.04. The monoisotopic (exact) mass is 235 g/mol. The zero-order valence-electron chi connectivity index (χ0n) is 10.6. The average molecular weight is 235 g/mol. The number of allylic oxidation sites excluding steroid dienone is 8. The molecule has 1 heterocycles. The van der Waals surface area contributed by atoms with E-state index in [2.05, 4.69) is 66.4 Å². The normalized spacial score (nSPS) is 16.2. The Morgan fingerprint density at radius 2 is 1.94 bits per heavy atom. The van der Waals surface area contributed by atoms with Gasteiger partial charge >= 0.3 is 0 Å². The van der Waals surface area contributed by atoms with Crippen LogP contribution in [0.25, 0.3) is 5.57 Å². The summed E-state index contributed by atoms with van der Waals surface area (Å²) in [5.41, 5.74) is 3.86. The molecule has 1 aromatic rings. The van der Waals surface area contributed by atoms with Crippen LogP contribution in [0.4, 0.5) is 0 Å². The van der Waals surface area contributed by atoms with Gasteiger partial charge in [-0.1, -0.05) is 36.5 Å². The molecule has 90 valence electrons. The van der Waals surface area contributed by atoms with Crippen molar-refractivity contribution < 1.29 is 0 Å². The van der Waals surface area contributed by atoms with Crippen molar-refractivity contribution in [3.8, 4) is 12.8 Å². The van der Waals surface area contributed by atoms with Crippen molar-refractivity contribution in [1.82, 2.24) is 4.98 Å². The summed E-state index contributed by atoms with van der Waals surface area (Å²) in [5.74, 6) is 0. The molecule has 1 aromatic heterocycles. The number of pyridine rings is 1. The first-order valence-electron chi connectivity index (χ1n) is 5.84. The Morgan fingerprint density at radius 1 is 1.22 bits per heavy atom. The molecule has 0 aromatic carbocycles. The van der Waals surface area contributed by atoms with Crippen LogP contribution in [0.1, 0.15) is 18.9 Å². The van der Waals surface area contributed by atoms with Crippen molar-refractivity contribution in [3.63, 3.8) is 0 Å². The van der Waals surface area contributed by atoms with Crippen molar-refractivity contribution in [1.29, 1.82) is 0 Å². The summed E-state index contributed by atoms with van der Waals surface area (Å²) in [4.78, 5) is 4.05. The number of rotatable bonds is 2. The van der Waals surface area contributed by atoms with Crippen LogP contribution in [0, 0.1) is 12.8 Å². The molecule has 1 aliphatic carbocycles. The van der Waals surface area contributed by atoms with Crippen LogP contribution in [-0.4, -0.2) is 4.98 Å². The van der Waals surface area contributed by atoms with Crippen LogP contribution in [0.3, 0.4) is 0 Å². The molecule has 0 unspecified atom stereocenters. The highest BCUT2D eigenvalue weighted by molar-refractivity contribution is 5.78. The molecule has 18 heavy (non-hydrogen) atoms. The van der Waals surface area contributed by atoms with Crippen molar-refractivity contribution in [2.24, 2.45) is 0 Å². The van der Waals surface area contributed by atoms with E-state index in [1.54, 1.807) is 0 Å². The van der Waals surface area contributed by atoms with E-state index in [1.165, 1.54) is 16.7 Å². The van der Waals surface area contributed by atoms with Gasteiger partial charge in [0.2, 0.25) is 0 Å². The molecule has 1 heteroatoms. The zero-order chi connectivity index (χ0) is 13.2. The lowest BCUT2D eigenvalue weighted by Gasteiger charge is -2.10. The minimum atomic E-state index is 0.999. The molecule has 0 spiro atoms. The third-order valence-electron chi connectivity index (χ3n) is 2.55. The van der Waals surface area contributed by atoms with Gasteiger partial charge in [0.05, 0.1) is 0 Å². The number of hydrogen-bond acceptors (Lipinski definition) is 1. The molecule has 0 atom stereocenters. The van der Waals surface area contributed by atoms with Crippen LogP contribution >= 0.6 is 0 Å². The first-order chi connectivity index (χ1) is 8.92. The molecule has 0 aliphatic heterocycles. The van der Waals surface area contributed by atoms with Gasteiger partial charge in [0.15, 0.2) is 0 Å². The maximum atomic E-state index is 4.05. The van der Waals surface area contributed by atoms with E-state index in [0.717, 1.165) is 6.42 Å². The van der Waals surface area contributed by atoms with Gasteiger partial charge in [-0.25, -0.2) is 0 Å². The van der Waals surface area contributed by atoms with Gasteiger partial charge in [-0.05, 0) is 42.2 Å². The molecule has 0 radical (unpaired) electrons. The smallest absolute Gasteiger partial charge is 0.0273 e. The van der Waals surface area contributed by atoms with Crippen LogP contribution < -0.4 is 0 Å². The van der Waals surface area contributed by atoms with Gasteiger partial charge in [0.25, 0.3) is 0 Å². The molecule has 0 saturated carbocycles. The first kappa shape index (κ1) is 13.7. The lowest BCUT2D eigenvalue weighted by Crippen LogP contribution is -1.89.